The smallest absolute Gasteiger partial charge is 0.258 e. The van der Waals surface area contributed by atoms with Gasteiger partial charge in [-0.25, -0.2) is 4.68 Å². The highest BCUT2D eigenvalue weighted by Crippen LogP contribution is 2.31. The summed E-state index contributed by atoms with van der Waals surface area (Å²) in [4.78, 5) is 10.8. The van der Waals surface area contributed by atoms with E-state index in [9.17, 15) is 10.1 Å². The van der Waals surface area contributed by atoms with Crippen molar-refractivity contribution >= 4 is 5.69 Å². The lowest BCUT2D eigenvalue weighted by Gasteiger charge is -2.07. The maximum atomic E-state index is 11.2. The molecule has 2 aromatic carbocycles. The number of aromatic nitrogens is 2. The predicted molar refractivity (Wildman–Crippen MR) is 80.4 cm³/mol. The van der Waals surface area contributed by atoms with Crippen LogP contribution in [-0.4, -0.2) is 14.7 Å². The third-order valence-corrected chi connectivity index (χ3v) is 3.27. The van der Waals surface area contributed by atoms with E-state index in [0.29, 0.717) is 5.69 Å². The Balaban J connectivity index is 2.22. The van der Waals surface area contributed by atoms with Crippen molar-refractivity contribution in [3.63, 3.8) is 0 Å². The summed E-state index contributed by atoms with van der Waals surface area (Å²) in [6, 6.07) is 17.0. The van der Waals surface area contributed by atoms with Crippen LogP contribution >= 0.6 is 0 Å². The molecule has 104 valence electrons. The molecule has 0 radical (unpaired) electrons. The van der Waals surface area contributed by atoms with Gasteiger partial charge in [-0.1, -0.05) is 48.0 Å². The number of benzene rings is 2. The van der Waals surface area contributed by atoms with Gasteiger partial charge in [0.15, 0.2) is 5.69 Å². The molecule has 1 heterocycles. The Morgan fingerprint density at radius 3 is 2.33 bits per heavy atom. The van der Waals surface area contributed by atoms with Gasteiger partial charge < -0.3 is 0 Å². The molecule has 0 aliphatic rings. The molecule has 0 atom stereocenters. The van der Waals surface area contributed by atoms with Gasteiger partial charge in [-0.3, -0.25) is 10.1 Å². The van der Waals surface area contributed by atoms with E-state index < -0.39 is 4.92 Å². The number of nitrogens with zero attached hydrogens (tertiary/aromatic N) is 3. The lowest BCUT2D eigenvalue weighted by molar-refractivity contribution is -0.384. The molecule has 0 fully saturated rings. The zero-order chi connectivity index (χ0) is 14.8. The summed E-state index contributed by atoms with van der Waals surface area (Å²) in [5, 5.41) is 15.4. The first kappa shape index (κ1) is 13.1. The van der Waals surface area contributed by atoms with Crippen LogP contribution in [0.25, 0.3) is 16.9 Å². The van der Waals surface area contributed by atoms with Crippen LogP contribution in [0, 0.1) is 17.0 Å². The van der Waals surface area contributed by atoms with Crippen molar-refractivity contribution in [1.29, 1.82) is 0 Å². The lowest BCUT2D eigenvalue weighted by atomic mass is 10.1. The van der Waals surface area contributed by atoms with Crippen LogP contribution in [0.15, 0.2) is 60.8 Å². The summed E-state index contributed by atoms with van der Waals surface area (Å²) >= 11 is 0. The molecule has 0 aliphatic carbocycles. The van der Waals surface area contributed by atoms with Crippen LogP contribution in [0.5, 0.6) is 0 Å². The molecule has 1 aromatic heterocycles. The minimum Gasteiger partial charge on any atom is -0.258 e. The van der Waals surface area contributed by atoms with E-state index in [0.717, 1.165) is 16.8 Å². The molecule has 0 saturated heterocycles. The number of hydrogen-bond acceptors (Lipinski definition) is 3. The molecule has 21 heavy (non-hydrogen) atoms. The quantitative estimate of drug-likeness (QED) is 0.541. The molecule has 0 amide bonds. The molecule has 0 spiro atoms. The Hall–Kier alpha value is -2.95. The van der Waals surface area contributed by atoms with Gasteiger partial charge in [0, 0.05) is 5.56 Å². The second-order valence-electron chi connectivity index (χ2n) is 4.75. The zero-order valence-corrected chi connectivity index (χ0v) is 11.4. The highest BCUT2D eigenvalue weighted by molar-refractivity contribution is 5.71. The molecule has 5 nitrogen and oxygen atoms in total. The predicted octanol–water partition coefficient (Wildman–Crippen LogP) is 3.76. The van der Waals surface area contributed by atoms with Gasteiger partial charge in [0.1, 0.15) is 6.20 Å². The monoisotopic (exact) mass is 279 g/mol. The lowest BCUT2D eigenvalue weighted by Crippen LogP contribution is -2.00. The highest BCUT2D eigenvalue weighted by atomic mass is 16.6. The average molecular weight is 279 g/mol. The molecule has 0 bridgehead atoms. The Labute approximate surface area is 121 Å². The summed E-state index contributed by atoms with van der Waals surface area (Å²) in [5.74, 6) is 0. The largest absolute Gasteiger partial charge is 0.315 e. The van der Waals surface area contributed by atoms with E-state index in [2.05, 4.69) is 5.10 Å². The fraction of sp³-hybridized carbons (Fsp3) is 0.0625. The summed E-state index contributed by atoms with van der Waals surface area (Å²) < 4.78 is 1.60. The van der Waals surface area contributed by atoms with E-state index in [1.165, 1.54) is 6.20 Å². The van der Waals surface area contributed by atoms with Crippen molar-refractivity contribution in [3.05, 3.63) is 76.5 Å². The molecule has 5 heteroatoms. The van der Waals surface area contributed by atoms with Crippen LogP contribution in [0.4, 0.5) is 5.69 Å². The summed E-state index contributed by atoms with van der Waals surface area (Å²) in [7, 11) is 0. The number of rotatable bonds is 3. The van der Waals surface area contributed by atoms with Gasteiger partial charge in [-0.15, -0.1) is 0 Å². The van der Waals surface area contributed by atoms with Gasteiger partial charge in [-0.2, -0.15) is 5.10 Å². The normalized spacial score (nSPS) is 10.5. The summed E-state index contributed by atoms with van der Waals surface area (Å²) in [5.41, 5.74) is 3.18. The maximum Gasteiger partial charge on any atom is 0.315 e. The van der Waals surface area contributed by atoms with Crippen LogP contribution in [0.2, 0.25) is 0 Å². The van der Waals surface area contributed by atoms with Gasteiger partial charge >= 0.3 is 5.69 Å². The van der Waals surface area contributed by atoms with Gasteiger partial charge in [0.05, 0.1) is 10.6 Å². The Bertz CT molecular complexity index is 777. The minimum atomic E-state index is -0.403. The van der Waals surface area contributed by atoms with E-state index in [1.807, 2.05) is 61.5 Å². The third kappa shape index (κ3) is 2.41. The SMILES string of the molecule is Cc1ccc(-n2ncc([N+](=O)[O-])c2-c2ccccc2)cc1. The van der Waals surface area contributed by atoms with E-state index in [4.69, 9.17) is 0 Å². The van der Waals surface area contributed by atoms with Crippen molar-refractivity contribution in [2.24, 2.45) is 0 Å². The van der Waals surface area contributed by atoms with Crippen molar-refractivity contribution in [3.8, 4) is 16.9 Å². The second kappa shape index (κ2) is 5.20. The first-order valence-electron chi connectivity index (χ1n) is 6.51. The summed E-state index contributed by atoms with van der Waals surface area (Å²) in [6.45, 7) is 1.99. The third-order valence-electron chi connectivity index (χ3n) is 3.27. The molecule has 3 rings (SSSR count). The molecular formula is C16H13N3O2. The van der Waals surface area contributed by atoms with Crippen molar-refractivity contribution in [2.75, 3.05) is 0 Å². The Morgan fingerprint density at radius 2 is 1.71 bits per heavy atom. The molecular weight excluding hydrogens is 266 g/mol. The van der Waals surface area contributed by atoms with E-state index in [-0.39, 0.29) is 5.69 Å². The van der Waals surface area contributed by atoms with Crippen LogP contribution < -0.4 is 0 Å². The Kier molecular flexibility index (Phi) is 3.23. The second-order valence-corrected chi connectivity index (χ2v) is 4.75. The number of aryl methyl sites for hydroxylation is 1. The Morgan fingerprint density at radius 1 is 1.05 bits per heavy atom. The van der Waals surface area contributed by atoms with Crippen LogP contribution in [-0.2, 0) is 0 Å². The van der Waals surface area contributed by atoms with Gasteiger partial charge in [-0.05, 0) is 19.1 Å². The van der Waals surface area contributed by atoms with Crippen LogP contribution in [0.3, 0.4) is 0 Å². The first-order chi connectivity index (χ1) is 10.2. The standard InChI is InChI=1S/C16H13N3O2/c1-12-7-9-14(10-8-12)18-16(13-5-3-2-4-6-13)15(11-17-18)19(20)21/h2-11H,1H3. The topological polar surface area (TPSA) is 61.0 Å². The molecule has 0 unspecified atom stereocenters. The van der Waals surface area contributed by atoms with Crippen molar-refractivity contribution in [1.82, 2.24) is 9.78 Å². The van der Waals surface area contributed by atoms with Crippen LogP contribution in [0.1, 0.15) is 5.56 Å². The highest BCUT2D eigenvalue weighted by Gasteiger charge is 2.22. The average Bonchev–Trinajstić information content (AvgIpc) is 2.94. The summed E-state index contributed by atoms with van der Waals surface area (Å²) in [6.07, 6.45) is 1.29. The molecule has 3 aromatic rings. The number of hydrogen-bond donors (Lipinski definition) is 0. The van der Waals surface area contributed by atoms with Crippen molar-refractivity contribution in [2.45, 2.75) is 6.92 Å². The minimum absolute atomic E-state index is 0.00164. The van der Waals surface area contributed by atoms with Gasteiger partial charge in [0.2, 0.25) is 0 Å². The zero-order valence-electron chi connectivity index (χ0n) is 11.4. The molecule has 0 aliphatic heterocycles. The van der Waals surface area contributed by atoms with E-state index in [1.54, 1.807) is 4.68 Å². The fourth-order valence-corrected chi connectivity index (χ4v) is 2.22. The molecule has 0 saturated carbocycles. The first-order valence-corrected chi connectivity index (χ1v) is 6.51. The fourth-order valence-electron chi connectivity index (χ4n) is 2.22. The maximum absolute atomic E-state index is 11.2. The number of nitro groups is 1. The van der Waals surface area contributed by atoms with Gasteiger partial charge in [0.25, 0.3) is 0 Å². The molecule has 0 N–H and O–H groups in total. The van der Waals surface area contributed by atoms with E-state index >= 15 is 0 Å². The van der Waals surface area contributed by atoms with Crippen molar-refractivity contribution < 1.29 is 4.92 Å².